The van der Waals surface area contributed by atoms with E-state index >= 15 is 0 Å². The van der Waals surface area contributed by atoms with Crippen LogP contribution in [0.4, 0.5) is 10.5 Å². The lowest BCUT2D eigenvalue weighted by molar-refractivity contribution is -0.117. The van der Waals surface area contributed by atoms with Gasteiger partial charge >= 0.3 is 6.09 Å². The van der Waals surface area contributed by atoms with Gasteiger partial charge in [0.05, 0.1) is 17.7 Å². The number of aromatic nitrogens is 2. The number of carbonyl (C=O) groups excluding carboxylic acids is 2. The van der Waals surface area contributed by atoms with Crippen LogP contribution in [0.1, 0.15) is 53.0 Å². The number of amides is 2. The van der Waals surface area contributed by atoms with Crippen LogP contribution in [-0.4, -0.2) is 33.9 Å². The summed E-state index contributed by atoms with van der Waals surface area (Å²) < 4.78 is 7.24. The molecule has 1 heterocycles. The Labute approximate surface area is 201 Å². The van der Waals surface area contributed by atoms with Crippen LogP contribution in [0, 0.1) is 0 Å². The van der Waals surface area contributed by atoms with Crippen molar-refractivity contribution in [3.8, 4) is 11.1 Å². The molecule has 0 aliphatic carbocycles. The Bertz CT molecular complexity index is 1110. The minimum atomic E-state index is -0.611. The number of hydrogen-bond acceptors (Lipinski definition) is 4. The third-order valence-corrected chi connectivity index (χ3v) is 5.12. The molecule has 0 radical (unpaired) electrons. The maximum absolute atomic E-state index is 13.2. The second-order valence-electron chi connectivity index (χ2n) is 10.3. The van der Waals surface area contributed by atoms with E-state index in [1.807, 2.05) is 71.7 Å². The SMILES string of the molecule is CC(C)(C)OC(=O)NCC(C(=O)Nc1ccc(-c2cnn(C(C)(C)C)c2)cc1)c1ccccc1. The third-order valence-electron chi connectivity index (χ3n) is 5.12. The molecule has 0 saturated heterocycles. The monoisotopic (exact) mass is 462 g/mol. The van der Waals surface area contributed by atoms with Crippen molar-refractivity contribution < 1.29 is 14.3 Å². The molecule has 7 heteroatoms. The number of alkyl carbamates (subject to hydrolysis) is 1. The summed E-state index contributed by atoms with van der Waals surface area (Å²) in [5.74, 6) is -0.783. The lowest BCUT2D eigenvalue weighted by atomic mass is 9.98. The van der Waals surface area contributed by atoms with Gasteiger partial charge in [-0.1, -0.05) is 42.5 Å². The molecule has 0 spiro atoms. The summed E-state index contributed by atoms with van der Waals surface area (Å²) in [5, 5.41) is 10.1. The van der Waals surface area contributed by atoms with Crippen molar-refractivity contribution in [3.05, 3.63) is 72.6 Å². The van der Waals surface area contributed by atoms with Gasteiger partial charge in [-0.25, -0.2) is 4.79 Å². The van der Waals surface area contributed by atoms with Crippen molar-refractivity contribution in [2.75, 3.05) is 11.9 Å². The van der Waals surface area contributed by atoms with Gasteiger partial charge in [-0.05, 0) is 64.8 Å². The molecular formula is C27H34N4O3. The molecule has 0 saturated carbocycles. The number of benzene rings is 2. The Morgan fingerprint density at radius 1 is 0.941 bits per heavy atom. The van der Waals surface area contributed by atoms with E-state index in [0.29, 0.717) is 5.69 Å². The Balaban J connectivity index is 1.71. The smallest absolute Gasteiger partial charge is 0.407 e. The van der Waals surface area contributed by atoms with E-state index in [-0.39, 0.29) is 18.0 Å². The number of nitrogens with one attached hydrogen (secondary N) is 2. The molecule has 0 bridgehead atoms. The summed E-state index contributed by atoms with van der Waals surface area (Å²) in [5.41, 5.74) is 2.81. The summed E-state index contributed by atoms with van der Waals surface area (Å²) in [6, 6.07) is 17.0. The number of nitrogens with zero attached hydrogens (tertiary/aromatic N) is 2. The number of anilines is 1. The predicted octanol–water partition coefficient (Wildman–Crippen LogP) is 5.55. The molecule has 2 N–H and O–H groups in total. The maximum atomic E-state index is 13.2. The van der Waals surface area contributed by atoms with Gasteiger partial charge in [0.2, 0.25) is 5.91 Å². The molecule has 1 aromatic heterocycles. The van der Waals surface area contributed by atoms with Crippen molar-refractivity contribution in [3.63, 3.8) is 0 Å². The van der Waals surface area contributed by atoms with E-state index in [9.17, 15) is 9.59 Å². The molecule has 34 heavy (non-hydrogen) atoms. The molecule has 7 nitrogen and oxygen atoms in total. The molecule has 0 aliphatic heterocycles. The number of rotatable bonds is 6. The van der Waals surface area contributed by atoms with Crippen LogP contribution in [0.15, 0.2) is 67.0 Å². The fourth-order valence-corrected chi connectivity index (χ4v) is 3.36. The fourth-order valence-electron chi connectivity index (χ4n) is 3.36. The van der Waals surface area contributed by atoms with Gasteiger partial charge in [-0.3, -0.25) is 9.48 Å². The molecule has 2 amide bonds. The van der Waals surface area contributed by atoms with Gasteiger partial charge in [-0.2, -0.15) is 5.10 Å². The highest BCUT2D eigenvalue weighted by Crippen LogP contribution is 2.24. The van der Waals surface area contributed by atoms with E-state index in [4.69, 9.17) is 4.74 Å². The van der Waals surface area contributed by atoms with E-state index in [1.165, 1.54) is 0 Å². The zero-order valence-corrected chi connectivity index (χ0v) is 20.8. The third kappa shape index (κ3) is 6.94. The molecule has 1 atom stereocenters. The summed E-state index contributed by atoms with van der Waals surface area (Å²) in [4.78, 5) is 25.3. The molecule has 0 fully saturated rings. The van der Waals surface area contributed by atoms with Crippen molar-refractivity contribution in [1.82, 2.24) is 15.1 Å². The van der Waals surface area contributed by atoms with Crippen LogP contribution < -0.4 is 10.6 Å². The quantitative estimate of drug-likeness (QED) is 0.503. The van der Waals surface area contributed by atoms with Gasteiger partial charge in [0.25, 0.3) is 0 Å². The second kappa shape index (κ2) is 10.1. The highest BCUT2D eigenvalue weighted by Gasteiger charge is 2.23. The molecule has 3 rings (SSSR count). The Hall–Kier alpha value is -3.61. The highest BCUT2D eigenvalue weighted by molar-refractivity contribution is 5.96. The first-order valence-electron chi connectivity index (χ1n) is 11.4. The molecule has 0 aliphatic rings. The first kappa shape index (κ1) is 25.0. The first-order chi connectivity index (χ1) is 15.9. The zero-order chi connectivity index (χ0) is 24.9. The van der Waals surface area contributed by atoms with Crippen molar-refractivity contribution in [2.24, 2.45) is 0 Å². The molecule has 1 unspecified atom stereocenters. The predicted molar refractivity (Wildman–Crippen MR) is 135 cm³/mol. The van der Waals surface area contributed by atoms with Gasteiger partial charge in [-0.15, -0.1) is 0 Å². The van der Waals surface area contributed by atoms with Crippen molar-refractivity contribution in [1.29, 1.82) is 0 Å². The fraction of sp³-hybridized carbons (Fsp3) is 0.370. The molecular weight excluding hydrogens is 428 g/mol. The van der Waals surface area contributed by atoms with Crippen LogP contribution in [0.3, 0.4) is 0 Å². The summed E-state index contributed by atoms with van der Waals surface area (Å²) in [6.45, 7) is 11.8. The number of hydrogen-bond donors (Lipinski definition) is 2. The highest BCUT2D eigenvalue weighted by atomic mass is 16.6. The first-order valence-corrected chi connectivity index (χ1v) is 11.4. The van der Waals surface area contributed by atoms with E-state index in [1.54, 1.807) is 20.8 Å². The Kier molecular flexibility index (Phi) is 7.44. The number of ether oxygens (including phenoxy) is 1. The van der Waals surface area contributed by atoms with Crippen molar-refractivity contribution >= 4 is 17.7 Å². The summed E-state index contributed by atoms with van der Waals surface area (Å²) in [7, 11) is 0. The van der Waals surface area contributed by atoms with E-state index in [0.717, 1.165) is 16.7 Å². The second-order valence-corrected chi connectivity index (χ2v) is 10.3. The largest absolute Gasteiger partial charge is 0.444 e. The lowest BCUT2D eigenvalue weighted by Gasteiger charge is -2.22. The average molecular weight is 463 g/mol. The summed E-state index contributed by atoms with van der Waals surface area (Å²) >= 11 is 0. The van der Waals surface area contributed by atoms with Crippen LogP contribution in [0.2, 0.25) is 0 Å². The molecule has 3 aromatic rings. The minimum Gasteiger partial charge on any atom is -0.444 e. The zero-order valence-electron chi connectivity index (χ0n) is 20.8. The van der Waals surface area contributed by atoms with Gasteiger partial charge in [0.1, 0.15) is 5.60 Å². The topological polar surface area (TPSA) is 85.2 Å². The average Bonchev–Trinajstić information content (AvgIpc) is 3.25. The maximum Gasteiger partial charge on any atom is 0.407 e. The minimum absolute atomic E-state index is 0.0913. The Morgan fingerprint density at radius 3 is 2.15 bits per heavy atom. The molecule has 2 aromatic carbocycles. The molecule has 180 valence electrons. The lowest BCUT2D eigenvalue weighted by Crippen LogP contribution is -2.37. The van der Waals surface area contributed by atoms with Gasteiger partial charge < -0.3 is 15.4 Å². The van der Waals surface area contributed by atoms with E-state index in [2.05, 4.69) is 36.5 Å². The standard InChI is InChI=1S/C27H34N4O3/c1-26(2,3)31-18-21(16-29-31)19-12-14-22(15-13-19)30-24(32)23(20-10-8-7-9-11-20)17-28-25(33)34-27(4,5)6/h7-16,18,23H,17H2,1-6H3,(H,28,33)(H,30,32). The summed E-state index contributed by atoms with van der Waals surface area (Å²) in [6.07, 6.45) is 3.30. The normalized spacial score (nSPS) is 12.6. The van der Waals surface area contributed by atoms with E-state index < -0.39 is 17.6 Å². The van der Waals surface area contributed by atoms with Crippen LogP contribution >= 0.6 is 0 Å². The van der Waals surface area contributed by atoms with Gasteiger partial charge in [0, 0.05) is 24.0 Å². The van der Waals surface area contributed by atoms with Crippen LogP contribution in [0.5, 0.6) is 0 Å². The van der Waals surface area contributed by atoms with Crippen LogP contribution in [0.25, 0.3) is 11.1 Å². The van der Waals surface area contributed by atoms with Crippen molar-refractivity contribution in [2.45, 2.75) is 58.6 Å². The van der Waals surface area contributed by atoms with Gasteiger partial charge in [0.15, 0.2) is 0 Å². The Morgan fingerprint density at radius 2 is 1.59 bits per heavy atom. The van der Waals surface area contributed by atoms with Crippen LogP contribution in [-0.2, 0) is 15.1 Å². The number of carbonyl (C=O) groups is 2.